The van der Waals surface area contributed by atoms with E-state index in [1.807, 2.05) is 170 Å². The third-order valence-corrected chi connectivity index (χ3v) is 11.9. The zero-order valence-corrected chi connectivity index (χ0v) is 40.4. The lowest BCUT2D eigenvalue weighted by Crippen LogP contribution is -2.12. The molecule has 0 saturated heterocycles. The van der Waals surface area contributed by atoms with Gasteiger partial charge in [0.25, 0.3) is 11.8 Å². The van der Waals surface area contributed by atoms with Gasteiger partial charge in [-0.15, -0.1) is 0 Å². The van der Waals surface area contributed by atoms with Gasteiger partial charge in [-0.1, -0.05) is 146 Å². The average molecular weight is 1100 g/mol. The molecule has 6 aromatic carbocycles. The molecule has 10 nitrogen and oxygen atoms in total. The van der Waals surface area contributed by atoms with Gasteiger partial charge in [0.05, 0.1) is 18.0 Å². The summed E-state index contributed by atoms with van der Waals surface area (Å²) in [4.78, 5) is 29.6. The number of hydrogen-bond donors (Lipinski definition) is 1. The number of aliphatic hydroxyl groups excluding tert-OH is 1. The lowest BCUT2D eigenvalue weighted by atomic mass is 9.94. The molecule has 0 radical (unpaired) electrons. The molecule has 0 aliphatic rings. The van der Waals surface area contributed by atoms with E-state index in [-0.39, 0.29) is 18.4 Å². The first-order valence-corrected chi connectivity index (χ1v) is 23.5. The highest BCUT2D eigenvalue weighted by Crippen LogP contribution is 2.34. The SMILES string of the molecule is O=C[C@@H](Cc1ncnc(OCc2ccccc2)c1OCc1ccccc1)c1ccc(I)cc1.OC[C@@H](Cc1ncnc(OCc2ccccc2)c1OCc1ccccc1)c1ccc(I)cc1. The second-order valence-electron chi connectivity index (χ2n) is 15.1. The molecule has 8 aromatic rings. The Morgan fingerprint density at radius 1 is 0.455 bits per heavy atom. The molecule has 0 aliphatic heterocycles. The summed E-state index contributed by atoms with van der Waals surface area (Å²) in [6.07, 6.45) is 4.80. The molecule has 0 aliphatic carbocycles. The number of benzene rings is 6. The number of hydrogen-bond acceptors (Lipinski definition) is 10. The summed E-state index contributed by atoms with van der Waals surface area (Å²) in [5, 5.41) is 10.1. The van der Waals surface area contributed by atoms with Crippen molar-refractivity contribution in [1.82, 2.24) is 19.9 Å². The van der Waals surface area contributed by atoms with Crippen LogP contribution in [0.15, 0.2) is 183 Å². The Balaban J connectivity index is 0.000000196. The van der Waals surface area contributed by atoms with Crippen molar-refractivity contribution in [2.24, 2.45) is 0 Å². The third kappa shape index (κ3) is 14.4. The van der Waals surface area contributed by atoms with Crippen LogP contribution in [0, 0.1) is 7.14 Å². The quantitative estimate of drug-likeness (QED) is 0.0582. The van der Waals surface area contributed by atoms with E-state index in [0.717, 1.165) is 46.8 Å². The second-order valence-corrected chi connectivity index (χ2v) is 17.6. The number of rotatable bonds is 20. The number of nitrogens with zero attached hydrogens (tertiary/aromatic N) is 4. The largest absolute Gasteiger partial charge is 0.482 e. The van der Waals surface area contributed by atoms with Gasteiger partial charge >= 0.3 is 0 Å². The zero-order valence-electron chi connectivity index (χ0n) is 36.0. The van der Waals surface area contributed by atoms with E-state index in [2.05, 4.69) is 65.1 Å². The third-order valence-electron chi connectivity index (χ3n) is 10.5. The first-order valence-electron chi connectivity index (χ1n) is 21.4. The molecule has 0 spiro atoms. The molecule has 0 fully saturated rings. The van der Waals surface area contributed by atoms with E-state index in [0.29, 0.717) is 73.9 Å². The summed E-state index contributed by atoms with van der Waals surface area (Å²) >= 11 is 4.53. The molecule has 12 heteroatoms. The molecule has 334 valence electrons. The van der Waals surface area contributed by atoms with Crippen molar-refractivity contribution in [3.05, 3.63) is 234 Å². The highest BCUT2D eigenvalue weighted by Gasteiger charge is 2.22. The number of carbonyl (C=O) groups is 1. The topological polar surface area (TPSA) is 126 Å². The number of halogens is 2. The van der Waals surface area contributed by atoms with Crippen molar-refractivity contribution in [1.29, 1.82) is 0 Å². The highest BCUT2D eigenvalue weighted by molar-refractivity contribution is 14.1. The Morgan fingerprint density at radius 3 is 1.20 bits per heavy atom. The predicted molar refractivity (Wildman–Crippen MR) is 272 cm³/mol. The lowest BCUT2D eigenvalue weighted by Gasteiger charge is -2.19. The first kappa shape index (κ1) is 47.7. The summed E-state index contributed by atoms with van der Waals surface area (Å²) in [7, 11) is 0. The maximum atomic E-state index is 12.0. The van der Waals surface area contributed by atoms with Crippen LogP contribution >= 0.6 is 45.2 Å². The van der Waals surface area contributed by atoms with Crippen LogP contribution < -0.4 is 18.9 Å². The summed E-state index contributed by atoms with van der Waals surface area (Å²) in [5.74, 6) is 1.29. The van der Waals surface area contributed by atoms with E-state index in [4.69, 9.17) is 18.9 Å². The van der Waals surface area contributed by atoms with Gasteiger partial charge in [0, 0.05) is 31.8 Å². The van der Waals surface area contributed by atoms with Crippen molar-refractivity contribution >= 4 is 51.5 Å². The molecule has 2 aromatic heterocycles. The summed E-state index contributed by atoms with van der Waals surface area (Å²) in [6, 6.07) is 55.7. The second kappa shape index (κ2) is 25.5. The molecule has 1 N–H and O–H groups in total. The van der Waals surface area contributed by atoms with Crippen LogP contribution in [0.5, 0.6) is 23.3 Å². The van der Waals surface area contributed by atoms with Gasteiger partial charge in [-0.2, -0.15) is 9.97 Å². The molecule has 0 bridgehead atoms. The van der Waals surface area contributed by atoms with Crippen molar-refractivity contribution < 1.29 is 28.8 Å². The summed E-state index contributed by atoms with van der Waals surface area (Å²) in [6.45, 7) is 1.45. The normalized spacial score (nSPS) is 11.6. The highest BCUT2D eigenvalue weighted by atomic mass is 127. The molecule has 0 amide bonds. The van der Waals surface area contributed by atoms with E-state index in [1.165, 1.54) is 12.7 Å². The molecule has 2 atom stereocenters. The predicted octanol–water partition coefficient (Wildman–Crippen LogP) is 11.3. The number of aldehydes is 1. The van der Waals surface area contributed by atoms with Crippen molar-refractivity contribution in [2.45, 2.75) is 51.1 Å². The van der Waals surface area contributed by atoms with Crippen molar-refractivity contribution in [3.63, 3.8) is 0 Å². The van der Waals surface area contributed by atoms with Crippen LogP contribution in [0.3, 0.4) is 0 Å². The lowest BCUT2D eigenvalue weighted by molar-refractivity contribution is -0.109. The van der Waals surface area contributed by atoms with Gasteiger partial charge in [0.1, 0.15) is 45.4 Å². The number of carbonyl (C=O) groups excluding carboxylic acids is 1. The molecule has 0 saturated carbocycles. The van der Waals surface area contributed by atoms with Crippen LogP contribution in [0.4, 0.5) is 0 Å². The standard InChI is InChI=1S/C27H25IN2O3.C27H23IN2O3/c2*28-24-13-11-22(12-14-24)23(16-31)15-25-26(32-17-20-7-3-1-4-8-20)27(30-19-29-25)33-18-21-9-5-2-6-10-21/h1-14,19,23,31H,15-18H2;1-14,16,19,23H,15,17-18H2/t2*23-/m11/s1. The first-order chi connectivity index (χ1) is 32.4. The van der Waals surface area contributed by atoms with Gasteiger partial charge in [0.15, 0.2) is 0 Å². The molecule has 2 heterocycles. The Labute approximate surface area is 412 Å². The Hall–Kier alpha value is -6.23. The Morgan fingerprint density at radius 2 is 0.818 bits per heavy atom. The van der Waals surface area contributed by atoms with Crippen molar-refractivity contribution in [2.75, 3.05) is 6.61 Å². The van der Waals surface area contributed by atoms with E-state index in [1.54, 1.807) is 0 Å². The number of ether oxygens (including phenoxy) is 4. The summed E-state index contributed by atoms with van der Waals surface area (Å²) in [5.41, 5.74) is 7.46. The molecule has 0 unspecified atom stereocenters. The minimum absolute atomic E-state index is 0.00290. The van der Waals surface area contributed by atoms with Gasteiger partial charge in [-0.25, -0.2) is 9.97 Å². The zero-order chi connectivity index (χ0) is 45.8. The minimum atomic E-state index is -0.349. The fourth-order valence-electron chi connectivity index (χ4n) is 6.90. The fraction of sp³-hybridized carbons (Fsp3) is 0.167. The van der Waals surface area contributed by atoms with E-state index >= 15 is 0 Å². The van der Waals surface area contributed by atoms with Gasteiger partial charge in [-0.3, -0.25) is 0 Å². The van der Waals surface area contributed by atoms with Crippen molar-refractivity contribution in [3.8, 4) is 23.3 Å². The molecular weight excluding hydrogens is 1050 g/mol. The van der Waals surface area contributed by atoms with Crippen LogP contribution in [0.1, 0.15) is 56.6 Å². The van der Waals surface area contributed by atoms with Gasteiger partial charge in [0.2, 0.25) is 11.5 Å². The maximum Gasteiger partial charge on any atom is 0.260 e. The summed E-state index contributed by atoms with van der Waals surface area (Å²) < 4.78 is 26.7. The van der Waals surface area contributed by atoms with Crippen LogP contribution in [0.25, 0.3) is 0 Å². The minimum Gasteiger partial charge on any atom is -0.482 e. The molecule has 8 rings (SSSR count). The van der Waals surface area contributed by atoms with Crippen LogP contribution in [0.2, 0.25) is 0 Å². The Kier molecular flexibility index (Phi) is 18.4. The van der Waals surface area contributed by atoms with E-state index in [9.17, 15) is 9.90 Å². The smallest absolute Gasteiger partial charge is 0.260 e. The Bertz CT molecular complexity index is 2680. The van der Waals surface area contributed by atoms with E-state index < -0.39 is 0 Å². The van der Waals surface area contributed by atoms with Gasteiger partial charge in [-0.05, 0) is 103 Å². The van der Waals surface area contributed by atoms with Crippen LogP contribution in [-0.4, -0.2) is 37.9 Å². The molecule has 66 heavy (non-hydrogen) atoms. The average Bonchev–Trinajstić information content (AvgIpc) is 3.37. The monoisotopic (exact) mass is 1100 g/mol. The number of aromatic nitrogens is 4. The molecular formula is C54H48I2N4O6. The fourth-order valence-corrected chi connectivity index (χ4v) is 7.62. The maximum absolute atomic E-state index is 12.0. The number of aliphatic hydroxyl groups is 1. The van der Waals surface area contributed by atoms with Crippen LogP contribution in [-0.2, 0) is 44.1 Å². The van der Waals surface area contributed by atoms with Gasteiger partial charge < -0.3 is 28.8 Å².